The van der Waals surface area contributed by atoms with Gasteiger partial charge in [-0.2, -0.15) is 0 Å². The van der Waals surface area contributed by atoms with Crippen LogP contribution in [0.5, 0.6) is 0 Å². The van der Waals surface area contributed by atoms with Crippen molar-refractivity contribution in [2.45, 2.75) is 20.4 Å². The Bertz CT molecular complexity index is 642. The Balaban J connectivity index is 2.18. The normalized spacial score (nSPS) is 10.5. The highest BCUT2D eigenvalue weighted by Crippen LogP contribution is 2.23. The smallest absolute Gasteiger partial charge is 0.257 e. The molecule has 2 heterocycles. The van der Waals surface area contributed by atoms with E-state index in [0.717, 1.165) is 27.3 Å². The van der Waals surface area contributed by atoms with E-state index in [1.54, 1.807) is 22.4 Å². The van der Waals surface area contributed by atoms with E-state index in [0.29, 0.717) is 12.1 Å². The maximum Gasteiger partial charge on any atom is 0.257 e. The monoisotopic (exact) mass is 367 g/mol. The largest absolute Gasteiger partial charge is 0.385 e. The third-order valence-corrected chi connectivity index (χ3v) is 4.58. The zero-order valence-electron chi connectivity index (χ0n) is 12.3. The fraction of sp³-hybridized carbons (Fsp3) is 0.333. The molecule has 1 amide bonds. The van der Waals surface area contributed by atoms with Crippen LogP contribution in [0.4, 0.5) is 5.69 Å². The second-order valence-electron chi connectivity index (χ2n) is 4.82. The molecule has 6 heteroatoms. The summed E-state index contributed by atoms with van der Waals surface area (Å²) in [6, 6.07) is 3.94. The van der Waals surface area contributed by atoms with E-state index >= 15 is 0 Å². The van der Waals surface area contributed by atoms with Crippen molar-refractivity contribution in [2.24, 2.45) is 0 Å². The van der Waals surface area contributed by atoms with Gasteiger partial charge in [-0.05, 0) is 52.9 Å². The lowest BCUT2D eigenvalue weighted by Gasteiger charge is -2.19. The Labute approximate surface area is 137 Å². The summed E-state index contributed by atoms with van der Waals surface area (Å²) < 4.78 is 1.07. The molecule has 0 aliphatic rings. The molecule has 0 atom stereocenters. The summed E-state index contributed by atoms with van der Waals surface area (Å²) in [5, 5.41) is 5.28. The summed E-state index contributed by atoms with van der Waals surface area (Å²) in [5.41, 5.74) is 3.47. The van der Waals surface area contributed by atoms with E-state index in [1.165, 1.54) is 0 Å². The number of carbonyl (C=O) groups excluding carboxylic acids is 1. The highest BCUT2D eigenvalue weighted by molar-refractivity contribution is 9.11. The zero-order chi connectivity index (χ0) is 15.4. The number of nitrogens with one attached hydrogen (secondary N) is 1. The standard InChI is InChI=1S/C15H18BrN3OS/c1-4-17-13-5-10(2)18-7-12(13)15(20)19(3)8-11-6-14(16)21-9-11/h5-7,9H,4,8H2,1-3H3,(H,17,18). The Hall–Kier alpha value is -1.40. The van der Waals surface area contributed by atoms with Gasteiger partial charge in [0.1, 0.15) is 0 Å². The summed E-state index contributed by atoms with van der Waals surface area (Å²) in [6.07, 6.45) is 1.65. The first-order chi connectivity index (χ1) is 10.0. The van der Waals surface area contributed by atoms with Crippen LogP contribution in [0.2, 0.25) is 0 Å². The average molecular weight is 368 g/mol. The number of halogens is 1. The van der Waals surface area contributed by atoms with Gasteiger partial charge >= 0.3 is 0 Å². The van der Waals surface area contributed by atoms with Gasteiger partial charge in [-0.1, -0.05) is 0 Å². The van der Waals surface area contributed by atoms with Crippen molar-refractivity contribution in [1.82, 2.24) is 9.88 Å². The molecule has 112 valence electrons. The van der Waals surface area contributed by atoms with Crippen LogP contribution in [-0.4, -0.2) is 29.4 Å². The van der Waals surface area contributed by atoms with Gasteiger partial charge in [-0.3, -0.25) is 9.78 Å². The summed E-state index contributed by atoms with van der Waals surface area (Å²) in [6.45, 7) is 5.28. The van der Waals surface area contributed by atoms with Gasteiger partial charge in [0.25, 0.3) is 5.91 Å². The molecular weight excluding hydrogens is 350 g/mol. The van der Waals surface area contributed by atoms with E-state index in [4.69, 9.17) is 0 Å². The van der Waals surface area contributed by atoms with Crippen molar-refractivity contribution >= 4 is 38.9 Å². The molecule has 21 heavy (non-hydrogen) atoms. The Morgan fingerprint density at radius 3 is 2.86 bits per heavy atom. The fourth-order valence-corrected chi connectivity index (χ4v) is 3.25. The number of hydrogen-bond acceptors (Lipinski definition) is 4. The summed E-state index contributed by atoms with van der Waals surface area (Å²) >= 11 is 5.06. The minimum Gasteiger partial charge on any atom is -0.385 e. The average Bonchev–Trinajstić information content (AvgIpc) is 2.84. The van der Waals surface area contributed by atoms with Crippen molar-refractivity contribution in [3.8, 4) is 0 Å². The number of carbonyl (C=O) groups is 1. The van der Waals surface area contributed by atoms with Crippen LogP contribution in [0.25, 0.3) is 0 Å². The number of thiophene rings is 1. The number of pyridine rings is 1. The molecule has 0 aromatic carbocycles. The molecular formula is C15H18BrN3OS. The quantitative estimate of drug-likeness (QED) is 0.870. The van der Waals surface area contributed by atoms with Crippen LogP contribution >= 0.6 is 27.3 Å². The van der Waals surface area contributed by atoms with Gasteiger partial charge in [0.15, 0.2) is 0 Å². The van der Waals surface area contributed by atoms with Crippen molar-refractivity contribution in [2.75, 3.05) is 18.9 Å². The van der Waals surface area contributed by atoms with Gasteiger partial charge in [-0.25, -0.2) is 0 Å². The van der Waals surface area contributed by atoms with Crippen LogP contribution in [-0.2, 0) is 6.54 Å². The molecule has 2 aromatic heterocycles. The number of aryl methyl sites for hydroxylation is 1. The third-order valence-electron chi connectivity index (χ3n) is 3.03. The number of aromatic nitrogens is 1. The van der Waals surface area contributed by atoms with Crippen LogP contribution in [0.1, 0.15) is 28.5 Å². The third kappa shape index (κ3) is 4.04. The van der Waals surface area contributed by atoms with Crippen LogP contribution in [0.3, 0.4) is 0 Å². The number of rotatable bonds is 5. The SMILES string of the molecule is CCNc1cc(C)ncc1C(=O)N(C)Cc1csc(Br)c1. The molecule has 0 fully saturated rings. The Kier molecular flexibility index (Phi) is 5.36. The molecule has 4 nitrogen and oxygen atoms in total. The second kappa shape index (κ2) is 7.04. The lowest BCUT2D eigenvalue weighted by atomic mass is 10.1. The fourth-order valence-electron chi connectivity index (χ4n) is 2.05. The van der Waals surface area contributed by atoms with Gasteiger partial charge in [0.05, 0.1) is 15.0 Å². The highest BCUT2D eigenvalue weighted by Gasteiger charge is 2.17. The summed E-state index contributed by atoms with van der Waals surface area (Å²) in [5.74, 6) is -0.0271. The minimum atomic E-state index is -0.0271. The Morgan fingerprint density at radius 1 is 1.48 bits per heavy atom. The number of amides is 1. The van der Waals surface area contributed by atoms with Gasteiger partial charge in [0.2, 0.25) is 0 Å². The van der Waals surface area contributed by atoms with Crippen LogP contribution in [0, 0.1) is 6.92 Å². The summed E-state index contributed by atoms with van der Waals surface area (Å²) in [4.78, 5) is 18.6. The predicted molar refractivity (Wildman–Crippen MR) is 91.0 cm³/mol. The van der Waals surface area contributed by atoms with E-state index in [-0.39, 0.29) is 5.91 Å². The molecule has 0 radical (unpaired) electrons. The van der Waals surface area contributed by atoms with E-state index in [9.17, 15) is 4.79 Å². The lowest BCUT2D eigenvalue weighted by Crippen LogP contribution is -2.27. The minimum absolute atomic E-state index is 0.0271. The van der Waals surface area contributed by atoms with Crippen molar-refractivity contribution in [3.63, 3.8) is 0 Å². The maximum atomic E-state index is 12.6. The van der Waals surface area contributed by atoms with Gasteiger partial charge in [0, 0.05) is 32.0 Å². The zero-order valence-corrected chi connectivity index (χ0v) is 14.7. The van der Waals surface area contributed by atoms with E-state index in [2.05, 4.69) is 26.2 Å². The van der Waals surface area contributed by atoms with Crippen molar-refractivity contribution < 1.29 is 4.79 Å². The summed E-state index contributed by atoms with van der Waals surface area (Å²) in [7, 11) is 1.81. The first-order valence-electron chi connectivity index (χ1n) is 6.70. The van der Waals surface area contributed by atoms with E-state index in [1.807, 2.05) is 38.4 Å². The Morgan fingerprint density at radius 2 is 2.24 bits per heavy atom. The van der Waals surface area contributed by atoms with Crippen molar-refractivity contribution in [3.05, 3.63) is 44.3 Å². The van der Waals surface area contributed by atoms with Crippen LogP contribution < -0.4 is 5.32 Å². The molecule has 0 bridgehead atoms. The maximum absolute atomic E-state index is 12.6. The first-order valence-corrected chi connectivity index (χ1v) is 8.37. The van der Waals surface area contributed by atoms with Crippen molar-refractivity contribution in [1.29, 1.82) is 0 Å². The molecule has 2 aromatic rings. The van der Waals surface area contributed by atoms with Crippen LogP contribution in [0.15, 0.2) is 27.5 Å². The first kappa shape index (κ1) is 16.0. The molecule has 0 saturated heterocycles. The molecule has 0 unspecified atom stereocenters. The number of nitrogens with zero attached hydrogens (tertiary/aromatic N) is 2. The van der Waals surface area contributed by atoms with Gasteiger partial charge < -0.3 is 10.2 Å². The van der Waals surface area contributed by atoms with E-state index < -0.39 is 0 Å². The molecule has 1 N–H and O–H groups in total. The molecule has 0 aliphatic carbocycles. The topological polar surface area (TPSA) is 45.2 Å². The molecule has 2 rings (SSSR count). The lowest BCUT2D eigenvalue weighted by molar-refractivity contribution is 0.0786. The second-order valence-corrected chi connectivity index (χ2v) is 7.11. The van der Waals surface area contributed by atoms with Gasteiger partial charge in [-0.15, -0.1) is 11.3 Å². The molecule has 0 saturated carbocycles. The molecule has 0 spiro atoms. The highest BCUT2D eigenvalue weighted by atomic mass is 79.9. The molecule has 0 aliphatic heterocycles. The number of anilines is 1. The number of hydrogen-bond donors (Lipinski definition) is 1. The predicted octanol–water partition coefficient (Wildman–Crippen LogP) is 3.92.